The van der Waals surface area contributed by atoms with E-state index in [-0.39, 0.29) is 12.5 Å². The summed E-state index contributed by atoms with van der Waals surface area (Å²) >= 11 is 3.33. The molecule has 2 amide bonds. The zero-order chi connectivity index (χ0) is 23.7. The Morgan fingerprint density at radius 2 is 1.69 bits per heavy atom. The zero-order valence-corrected chi connectivity index (χ0v) is 21.0. The van der Waals surface area contributed by atoms with E-state index >= 15 is 0 Å². The highest BCUT2D eigenvalue weighted by molar-refractivity contribution is 9.10. The second kappa shape index (κ2) is 12.0. The molecule has 1 N–H and O–H groups in total. The van der Waals surface area contributed by atoms with Crippen molar-refractivity contribution in [2.45, 2.75) is 39.3 Å². The van der Waals surface area contributed by atoms with Crippen LogP contribution in [0.5, 0.6) is 0 Å². The van der Waals surface area contributed by atoms with Crippen molar-refractivity contribution in [2.75, 3.05) is 23.7 Å². The number of carbonyl (C=O) groups excluding carboxylic acids is 2. The average Bonchev–Trinajstić information content (AvgIpc) is 2.76. The number of nitrogens with zero attached hydrogens (tertiary/aromatic N) is 2. The fourth-order valence-corrected chi connectivity index (χ4v) is 4.23. The number of carbonyl (C=O) groups is 2. The highest BCUT2D eigenvalue weighted by Crippen LogP contribution is 2.21. The van der Waals surface area contributed by atoms with Crippen molar-refractivity contribution in [1.82, 2.24) is 10.2 Å². The Hall–Kier alpha value is -2.39. The maximum Gasteiger partial charge on any atom is 0.244 e. The summed E-state index contributed by atoms with van der Waals surface area (Å²) in [5.41, 5.74) is 1.23. The average molecular weight is 524 g/mol. The lowest BCUT2D eigenvalue weighted by molar-refractivity contribution is -0.139. The summed E-state index contributed by atoms with van der Waals surface area (Å²) < 4.78 is 26.8. The summed E-state index contributed by atoms with van der Waals surface area (Å²) in [5.74, 6) is -0.724. The second-order valence-corrected chi connectivity index (χ2v) is 10.4. The lowest BCUT2D eigenvalue weighted by Gasteiger charge is -2.31. The number of benzene rings is 2. The Morgan fingerprint density at radius 1 is 1.06 bits per heavy atom. The van der Waals surface area contributed by atoms with E-state index in [9.17, 15) is 18.0 Å². The van der Waals surface area contributed by atoms with Crippen molar-refractivity contribution in [2.24, 2.45) is 0 Å². The van der Waals surface area contributed by atoms with E-state index in [0.29, 0.717) is 12.2 Å². The van der Waals surface area contributed by atoms with Gasteiger partial charge in [-0.2, -0.15) is 0 Å². The van der Waals surface area contributed by atoms with Gasteiger partial charge in [0.25, 0.3) is 0 Å². The van der Waals surface area contributed by atoms with E-state index in [2.05, 4.69) is 21.2 Å². The van der Waals surface area contributed by atoms with Gasteiger partial charge in [-0.25, -0.2) is 8.42 Å². The minimum atomic E-state index is -3.73. The van der Waals surface area contributed by atoms with Crippen LogP contribution in [0.2, 0.25) is 0 Å². The molecule has 7 nitrogen and oxygen atoms in total. The fraction of sp³-hybridized carbons (Fsp3) is 0.391. The molecule has 1 atom stereocenters. The molecule has 0 aliphatic rings. The van der Waals surface area contributed by atoms with E-state index < -0.39 is 28.5 Å². The Kier molecular flexibility index (Phi) is 9.71. The molecule has 0 saturated heterocycles. The lowest BCUT2D eigenvalue weighted by Crippen LogP contribution is -2.51. The van der Waals surface area contributed by atoms with Gasteiger partial charge >= 0.3 is 0 Å². The number of anilines is 1. The van der Waals surface area contributed by atoms with Crippen LogP contribution in [0.1, 0.15) is 32.3 Å². The summed E-state index contributed by atoms with van der Waals surface area (Å²) in [7, 11) is -3.73. The molecule has 0 aliphatic heterocycles. The maximum atomic E-state index is 13.4. The van der Waals surface area contributed by atoms with Gasteiger partial charge in [-0.1, -0.05) is 59.6 Å². The van der Waals surface area contributed by atoms with Crippen LogP contribution in [-0.2, 0) is 26.2 Å². The highest BCUT2D eigenvalue weighted by atomic mass is 79.9. The molecule has 1 unspecified atom stereocenters. The molecule has 2 rings (SSSR count). The predicted octanol–water partition coefficient (Wildman–Crippen LogP) is 3.55. The summed E-state index contributed by atoms with van der Waals surface area (Å²) in [6.45, 7) is 4.01. The Bertz CT molecular complexity index is 998. The van der Waals surface area contributed by atoms with Crippen LogP contribution >= 0.6 is 15.9 Å². The summed E-state index contributed by atoms with van der Waals surface area (Å²) in [6.07, 6.45) is 2.85. The number of hydrogen-bond donors (Lipinski definition) is 1. The maximum absolute atomic E-state index is 13.4. The number of amides is 2. The first-order chi connectivity index (χ1) is 15.1. The standard InChI is InChI=1S/C23H30BrN3O4S/c1-4-5-15-25-23(29)18(2)26(16-19-9-7-6-8-10-19)22(28)17-27(32(3,30)31)21-13-11-20(24)12-14-21/h6-14,18H,4-5,15-17H2,1-3H3,(H,25,29). The zero-order valence-electron chi connectivity index (χ0n) is 18.6. The molecular weight excluding hydrogens is 494 g/mol. The molecule has 174 valence electrons. The quantitative estimate of drug-likeness (QED) is 0.456. The monoisotopic (exact) mass is 523 g/mol. The van der Waals surface area contributed by atoms with E-state index in [1.807, 2.05) is 37.3 Å². The normalized spacial score (nSPS) is 12.1. The molecule has 0 fully saturated rings. The van der Waals surface area contributed by atoms with E-state index in [1.165, 1.54) is 4.90 Å². The highest BCUT2D eigenvalue weighted by Gasteiger charge is 2.29. The minimum absolute atomic E-state index is 0.194. The van der Waals surface area contributed by atoms with E-state index in [1.54, 1.807) is 31.2 Å². The Morgan fingerprint density at radius 3 is 2.25 bits per heavy atom. The summed E-state index contributed by atoms with van der Waals surface area (Å²) in [6, 6.07) is 15.2. The SMILES string of the molecule is CCCCNC(=O)C(C)N(Cc1ccccc1)C(=O)CN(c1ccc(Br)cc1)S(C)(=O)=O. The van der Waals surface area contributed by atoms with Gasteiger partial charge in [-0.05, 0) is 43.2 Å². The lowest BCUT2D eigenvalue weighted by atomic mass is 10.1. The van der Waals surface area contributed by atoms with Crippen LogP contribution in [0.15, 0.2) is 59.1 Å². The molecule has 0 spiro atoms. The van der Waals surface area contributed by atoms with Crippen molar-refractivity contribution >= 4 is 43.5 Å². The van der Waals surface area contributed by atoms with Crippen molar-refractivity contribution in [3.8, 4) is 0 Å². The molecule has 0 radical (unpaired) electrons. The summed E-state index contributed by atoms with van der Waals surface area (Å²) in [4.78, 5) is 27.5. The molecule has 0 aromatic heterocycles. The van der Waals surface area contributed by atoms with Gasteiger partial charge in [-0.15, -0.1) is 0 Å². The number of unbranched alkanes of at least 4 members (excludes halogenated alkanes) is 1. The first kappa shape index (κ1) is 25.9. The molecule has 32 heavy (non-hydrogen) atoms. The molecule has 9 heteroatoms. The molecule has 0 heterocycles. The van der Waals surface area contributed by atoms with Crippen LogP contribution in [0, 0.1) is 0 Å². The van der Waals surface area contributed by atoms with Crippen LogP contribution in [0.3, 0.4) is 0 Å². The van der Waals surface area contributed by atoms with Crippen molar-refractivity contribution in [3.63, 3.8) is 0 Å². The number of sulfonamides is 1. The first-order valence-electron chi connectivity index (χ1n) is 10.5. The minimum Gasteiger partial charge on any atom is -0.354 e. The van der Waals surface area contributed by atoms with Gasteiger partial charge < -0.3 is 10.2 Å². The van der Waals surface area contributed by atoms with Crippen LogP contribution < -0.4 is 9.62 Å². The topological polar surface area (TPSA) is 86.8 Å². The van der Waals surface area contributed by atoms with Crippen LogP contribution in [0.4, 0.5) is 5.69 Å². The number of hydrogen-bond acceptors (Lipinski definition) is 4. The van der Waals surface area contributed by atoms with Crippen molar-refractivity contribution in [3.05, 3.63) is 64.6 Å². The van der Waals surface area contributed by atoms with Gasteiger partial charge in [0, 0.05) is 17.6 Å². The summed E-state index contributed by atoms with van der Waals surface area (Å²) in [5, 5.41) is 2.86. The van der Waals surface area contributed by atoms with Gasteiger partial charge in [-0.3, -0.25) is 13.9 Å². The third-order valence-electron chi connectivity index (χ3n) is 4.99. The van der Waals surface area contributed by atoms with Crippen LogP contribution in [0.25, 0.3) is 0 Å². The van der Waals surface area contributed by atoms with Crippen molar-refractivity contribution < 1.29 is 18.0 Å². The van der Waals surface area contributed by atoms with E-state index in [0.717, 1.165) is 33.4 Å². The Balaban J connectivity index is 2.30. The third-order valence-corrected chi connectivity index (χ3v) is 6.66. The smallest absolute Gasteiger partial charge is 0.244 e. The predicted molar refractivity (Wildman–Crippen MR) is 131 cm³/mol. The van der Waals surface area contributed by atoms with Gasteiger partial charge in [0.15, 0.2) is 0 Å². The molecule has 0 bridgehead atoms. The van der Waals surface area contributed by atoms with Crippen LogP contribution in [-0.4, -0.2) is 50.5 Å². The molecule has 0 aliphatic carbocycles. The third kappa shape index (κ3) is 7.63. The van der Waals surface area contributed by atoms with Crippen molar-refractivity contribution in [1.29, 1.82) is 0 Å². The largest absolute Gasteiger partial charge is 0.354 e. The molecule has 2 aromatic rings. The molecular formula is C23H30BrN3O4S. The number of rotatable bonds is 11. The van der Waals surface area contributed by atoms with E-state index in [4.69, 9.17) is 0 Å². The number of halogens is 1. The fourth-order valence-electron chi connectivity index (χ4n) is 3.12. The van der Waals surface area contributed by atoms with Gasteiger partial charge in [0.05, 0.1) is 11.9 Å². The van der Waals surface area contributed by atoms with Gasteiger partial charge in [0.2, 0.25) is 21.8 Å². The number of nitrogens with one attached hydrogen (secondary N) is 1. The molecule has 0 saturated carbocycles. The second-order valence-electron chi connectivity index (χ2n) is 7.57. The first-order valence-corrected chi connectivity index (χ1v) is 13.1. The Labute approximate surface area is 199 Å². The van der Waals surface area contributed by atoms with Gasteiger partial charge in [0.1, 0.15) is 12.6 Å². The molecule has 2 aromatic carbocycles.